The number of furan rings is 1. The molecule has 5 heteroatoms. The minimum atomic E-state index is -1.11. The van der Waals surface area contributed by atoms with E-state index in [2.05, 4.69) is 15.9 Å². The highest BCUT2D eigenvalue weighted by Gasteiger charge is 2.50. The van der Waals surface area contributed by atoms with Gasteiger partial charge >= 0.3 is 5.97 Å². The fourth-order valence-electron chi connectivity index (χ4n) is 1.74. The molecule has 2 N–H and O–H groups in total. The lowest BCUT2D eigenvalue weighted by Crippen LogP contribution is -2.44. The predicted molar refractivity (Wildman–Crippen MR) is 50.7 cm³/mol. The second kappa shape index (κ2) is 3.10. The number of hydrogen-bond donors (Lipinski definition) is 2. The first-order valence-corrected chi connectivity index (χ1v) is 5.01. The molecule has 0 spiro atoms. The van der Waals surface area contributed by atoms with Crippen LogP contribution in [0.5, 0.6) is 0 Å². The van der Waals surface area contributed by atoms with Gasteiger partial charge in [-0.25, -0.2) is 0 Å². The molecule has 1 aromatic rings. The number of rotatable bonds is 2. The summed E-state index contributed by atoms with van der Waals surface area (Å²) in [6.45, 7) is 0. The molecule has 1 heterocycles. The molecule has 0 unspecified atom stereocenters. The van der Waals surface area contributed by atoms with Crippen molar-refractivity contribution < 1.29 is 19.4 Å². The van der Waals surface area contributed by atoms with E-state index in [0.717, 1.165) is 0 Å². The maximum Gasteiger partial charge on any atom is 0.306 e. The quantitative estimate of drug-likeness (QED) is 0.850. The summed E-state index contributed by atoms with van der Waals surface area (Å²) in [7, 11) is 0. The second-order valence-corrected chi connectivity index (χ2v) is 4.43. The number of halogens is 1. The van der Waals surface area contributed by atoms with E-state index in [0.29, 0.717) is 10.2 Å². The van der Waals surface area contributed by atoms with Crippen LogP contribution in [0.15, 0.2) is 21.2 Å². The third kappa shape index (κ3) is 1.36. The van der Waals surface area contributed by atoms with E-state index >= 15 is 0 Å². The van der Waals surface area contributed by atoms with E-state index in [1.807, 2.05) is 0 Å². The van der Waals surface area contributed by atoms with Gasteiger partial charge in [0.05, 0.1) is 16.7 Å². The summed E-state index contributed by atoms with van der Waals surface area (Å²) in [6, 6.07) is 1.68. The van der Waals surface area contributed by atoms with Crippen LogP contribution < -0.4 is 0 Å². The van der Waals surface area contributed by atoms with E-state index in [-0.39, 0.29) is 12.8 Å². The van der Waals surface area contributed by atoms with Crippen LogP contribution in [-0.2, 0) is 10.4 Å². The molecule has 14 heavy (non-hydrogen) atoms. The summed E-state index contributed by atoms with van der Waals surface area (Å²) in [5, 5.41) is 18.7. The fourth-order valence-corrected chi connectivity index (χ4v) is 2.31. The Kier molecular flexibility index (Phi) is 2.16. The van der Waals surface area contributed by atoms with Crippen LogP contribution >= 0.6 is 15.9 Å². The summed E-state index contributed by atoms with van der Waals surface area (Å²) in [6.07, 6.45) is 1.90. The third-order valence-corrected chi connectivity index (χ3v) is 3.18. The molecule has 1 aliphatic rings. The molecular weight excluding hydrogens is 252 g/mol. The Morgan fingerprint density at radius 1 is 1.64 bits per heavy atom. The highest BCUT2D eigenvalue weighted by Crippen LogP contribution is 2.48. The minimum Gasteiger partial charge on any atom is -0.481 e. The summed E-state index contributed by atoms with van der Waals surface area (Å²) < 4.78 is 5.79. The lowest BCUT2D eigenvalue weighted by atomic mass is 9.69. The van der Waals surface area contributed by atoms with Gasteiger partial charge < -0.3 is 14.6 Å². The van der Waals surface area contributed by atoms with Gasteiger partial charge in [-0.05, 0) is 34.8 Å². The smallest absolute Gasteiger partial charge is 0.306 e. The summed E-state index contributed by atoms with van der Waals surface area (Å²) in [4.78, 5) is 10.6. The highest BCUT2D eigenvalue weighted by atomic mass is 79.9. The van der Waals surface area contributed by atoms with Crippen LogP contribution in [0.2, 0.25) is 0 Å². The van der Waals surface area contributed by atoms with Gasteiger partial charge in [0, 0.05) is 0 Å². The molecule has 2 rings (SSSR count). The van der Waals surface area contributed by atoms with E-state index in [4.69, 9.17) is 9.52 Å². The maximum atomic E-state index is 10.6. The van der Waals surface area contributed by atoms with Crippen molar-refractivity contribution in [3.05, 3.63) is 22.6 Å². The first-order valence-electron chi connectivity index (χ1n) is 4.21. The Bertz CT molecular complexity index is 365. The van der Waals surface area contributed by atoms with Gasteiger partial charge in [-0.3, -0.25) is 4.79 Å². The van der Waals surface area contributed by atoms with Crippen molar-refractivity contribution in [2.75, 3.05) is 0 Å². The zero-order valence-electron chi connectivity index (χ0n) is 7.24. The molecule has 0 radical (unpaired) electrons. The normalized spacial score (nSPS) is 31.1. The van der Waals surface area contributed by atoms with E-state index < -0.39 is 17.5 Å². The van der Waals surface area contributed by atoms with Gasteiger partial charge in [-0.15, -0.1) is 0 Å². The van der Waals surface area contributed by atoms with Crippen LogP contribution in [0.1, 0.15) is 18.6 Å². The molecule has 0 atom stereocenters. The standard InChI is InChI=1S/C9H9BrO4/c10-6-1-2-14-7(6)9(13)3-5(4-9)8(11)12/h1-2,5,13H,3-4H2,(H,11,12). The van der Waals surface area contributed by atoms with Crippen LogP contribution in [0.25, 0.3) is 0 Å². The first kappa shape index (κ1) is 9.73. The zero-order valence-corrected chi connectivity index (χ0v) is 8.82. The van der Waals surface area contributed by atoms with Crippen molar-refractivity contribution in [2.45, 2.75) is 18.4 Å². The Hall–Kier alpha value is -0.810. The van der Waals surface area contributed by atoms with Crippen molar-refractivity contribution in [3.8, 4) is 0 Å². The molecule has 0 amide bonds. The molecule has 0 aromatic carbocycles. The molecule has 1 fully saturated rings. The monoisotopic (exact) mass is 260 g/mol. The third-order valence-electron chi connectivity index (χ3n) is 2.56. The molecule has 1 aromatic heterocycles. The van der Waals surface area contributed by atoms with Crippen molar-refractivity contribution in [3.63, 3.8) is 0 Å². The average Bonchev–Trinajstić information content (AvgIpc) is 2.45. The number of carbonyl (C=O) groups is 1. The van der Waals surface area contributed by atoms with Gasteiger partial charge in [-0.2, -0.15) is 0 Å². The molecule has 0 bridgehead atoms. The highest BCUT2D eigenvalue weighted by molar-refractivity contribution is 9.10. The summed E-state index contributed by atoms with van der Waals surface area (Å²) >= 11 is 3.23. The molecule has 4 nitrogen and oxygen atoms in total. The number of aliphatic hydroxyl groups is 1. The number of carboxylic acid groups (broad SMARTS) is 1. The second-order valence-electron chi connectivity index (χ2n) is 3.57. The molecule has 76 valence electrons. The largest absolute Gasteiger partial charge is 0.481 e. The Labute approximate surface area is 88.7 Å². The van der Waals surface area contributed by atoms with Crippen LogP contribution in [0.3, 0.4) is 0 Å². The molecule has 1 saturated carbocycles. The van der Waals surface area contributed by atoms with Crippen LogP contribution in [0, 0.1) is 5.92 Å². The van der Waals surface area contributed by atoms with E-state index in [1.165, 1.54) is 6.26 Å². The summed E-state index contributed by atoms with van der Waals surface area (Å²) in [5.74, 6) is -0.899. The van der Waals surface area contributed by atoms with Gasteiger partial charge in [0.1, 0.15) is 11.4 Å². The topological polar surface area (TPSA) is 70.7 Å². The average molecular weight is 261 g/mol. The Morgan fingerprint density at radius 3 is 2.71 bits per heavy atom. The lowest BCUT2D eigenvalue weighted by Gasteiger charge is -2.39. The molecule has 1 aliphatic carbocycles. The number of aliphatic carboxylic acids is 1. The summed E-state index contributed by atoms with van der Waals surface area (Å²) in [5.41, 5.74) is -1.11. The van der Waals surface area contributed by atoms with E-state index in [1.54, 1.807) is 6.07 Å². The zero-order chi connectivity index (χ0) is 10.3. The Balaban J connectivity index is 2.15. The van der Waals surface area contributed by atoms with Crippen molar-refractivity contribution in [1.82, 2.24) is 0 Å². The maximum absolute atomic E-state index is 10.6. The number of hydrogen-bond acceptors (Lipinski definition) is 3. The van der Waals surface area contributed by atoms with Crippen LogP contribution in [-0.4, -0.2) is 16.2 Å². The van der Waals surface area contributed by atoms with Gasteiger partial charge in [0.15, 0.2) is 0 Å². The SMILES string of the molecule is O=C(O)C1CC(O)(c2occc2Br)C1. The van der Waals surface area contributed by atoms with Gasteiger partial charge in [-0.1, -0.05) is 0 Å². The molecular formula is C9H9BrO4. The van der Waals surface area contributed by atoms with Crippen molar-refractivity contribution >= 4 is 21.9 Å². The van der Waals surface area contributed by atoms with E-state index in [9.17, 15) is 9.90 Å². The Morgan fingerprint density at radius 2 is 2.29 bits per heavy atom. The van der Waals surface area contributed by atoms with Gasteiger partial charge in [0.2, 0.25) is 0 Å². The van der Waals surface area contributed by atoms with Crippen molar-refractivity contribution in [1.29, 1.82) is 0 Å². The van der Waals surface area contributed by atoms with Crippen LogP contribution in [0.4, 0.5) is 0 Å². The fraction of sp³-hybridized carbons (Fsp3) is 0.444. The number of carboxylic acids is 1. The van der Waals surface area contributed by atoms with Gasteiger partial charge in [0.25, 0.3) is 0 Å². The molecule has 0 saturated heterocycles. The van der Waals surface area contributed by atoms with Crippen molar-refractivity contribution in [2.24, 2.45) is 5.92 Å². The predicted octanol–water partition coefficient (Wildman–Crippen LogP) is 1.72. The molecule has 0 aliphatic heterocycles. The lowest BCUT2D eigenvalue weighted by molar-refractivity contribution is -0.162. The first-order chi connectivity index (χ1) is 6.53. The minimum absolute atomic E-state index is 0.217.